The molecule has 0 spiro atoms. The Morgan fingerprint density at radius 2 is 1.66 bits per heavy atom. The monoisotopic (exact) mass is 393 g/mol. The van der Waals surface area contributed by atoms with Gasteiger partial charge in [0, 0.05) is 26.7 Å². The summed E-state index contributed by atoms with van der Waals surface area (Å²) >= 11 is 0. The molecule has 4 rings (SSSR count). The van der Waals surface area contributed by atoms with Crippen LogP contribution in [0.2, 0.25) is 0 Å². The van der Waals surface area contributed by atoms with E-state index in [4.69, 9.17) is 9.78 Å². The van der Waals surface area contributed by atoms with Crippen LogP contribution < -0.4 is 0 Å². The first-order chi connectivity index (χ1) is 14.1. The Labute approximate surface area is 174 Å². The van der Waals surface area contributed by atoms with Gasteiger partial charge in [0.2, 0.25) is 0 Å². The summed E-state index contributed by atoms with van der Waals surface area (Å²) in [7, 11) is 3.25. The molecule has 29 heavy (non-hydrogen) atoms. The Kier molecular flexibility index (Phi) is 11.7. The Hall–Kier alpha value is -2.97. The molecule has 1 heterocycles. The maximum atomic E-state index is 7.32. The Morgan fingerprint density at radius 1 is 1.07 bits per heavy atom. The van der Waals surface area contributed by atoms with Crippen LogP contribution in [0.1, 0.15) is 49.6 Å². The van der Waals surface area contributed by atoms with Gasteiger partial charge in [0.15, 0.2) is 5.82 Å². The van der Waals surface area contributed by atoms with Crippen LogP contribution in [0.25, 0.3) is 11.5 Å². The van der Waals surface area contributed by atoms with Gasteiger partial charge in [-0.1, -0.05) is 54.5 Å². The molecule has 0 radical (unpaired) electrons. The molecule has 1 aliphatic rings. The third-order valence-corrected chi connectivity index (χ3v) is 4.22. The average molecular weight is 394 g/mol. The minimum atomic E-state index is 0.577. The predicted octanol–water partition coefficient (Wildman–Crippen LogP) is 5.96. The quantitative estimate of drug-likeness (QED) is 0.510. The summed E-state index contributed by atoms with van der Waals surface area (Å²) in [6.07, 6.45) is 4.04. The van der Waals surface area contributed by atoms with Gasteiger partial charge in [0.05, 0.1) is 6.07 Å². The lowest BCUT2D eigenvalue weighted by atomic mass is 9.84. The lowest BCUT2D eigenvalue weighted by Gasteiger charge is -2.21. The van der Waals surface area contributed by atoms with Gasteiger partial charge >= 0.3 is 0 Å². The number of nitriles is 1. The van der Waals surface area contributed by atoms with Gasteiger partial charge in [-0.3, -0.25) is 0 Å². The van der Waals surface area contributed by atoms with E-state index < -0.39 is 0 Å². The second-order valence-corrected chi connectivity index (χ2v) is 6.64. The largest absolute Gasteiger partial charge is 0.388 e. The minimum absolute atomic E-state index is 0.577. The highest BCUT2D eigenvalue weighted by Gasteiger charge is 2.14. The number of ether oxygens (including phenoxy) is 1. The second kappa shape index (κ2) is 14.1. The van der Waals surface area contributed by atoms with Crippen LogP contribution in [0.4, 0.5) is 0 Å². The molecule has 1 aromatic heterocycles. The molecule has 0 saturated carbocycles. The van der Waals surface area contributed by atoms with Crippen molar-refractivity contribution in [3.8, 4) is 17.5 Å². The van der Waals surface area contributed by atoms with Gasteiger partial charge in [-0.2, -0.15) is 10.2 Å². The molecule has 2 aromatic carbocycles. The summed E-state index contributed by atoms with van der Waals surface area (Å²) in [4.78, 5) is 4.10. The fourth-order valence-electron chi connectivity index (χ4n) is 2.99. The number of aryl methyl sites for hydroxylation is 2. The van der Waals surface area contributed by atoms with Gasteiger partial charge in [-0.25, -0.2) is 0 Å². The number of rotatable bonds is 1. The maximum absolute atomic E-state index is 7.32. The van der Waals surface area contributed by atoms with Crippen LogP contribution >= 0.6 is 0 Å². The third-order valence-electron chi connectivity index (χ3n) is 4.22. The molecule has 3 aromatic rings. The van der Waals surface area contributed by atoms with E-state index in [1.165, 1.54) is 26.2 Å². The molecular weight excluding hydrogens is 362 g/mol. The molecule has 0 unspecified atom stereocenters. The van der Waals surface area contributed by atoms with Crippen LogP contribution in [0.15, 0.2) is 59.1 Å². The van der Waals surface area contributed by atoms with Crippen LogP contribution in [0.5, 0.6) is 0 Å². The summed E-state index contributed by atoms with van der Waals surface area (Å²) in [5.41, 5.74) is 4.11. The first-order valence-electron chi connectivity index (χ1n) is 9.71. The summed E-state index contributed by atoms with van der Waals surface area (Å²) in [6, 6.07) is 20.3. The molecule has 0 aliphatic heterocycles. The number of nitrogens with zero attached hydrogens (tertiary/aromatic N) is 3. The van der Waals surface area contributed by atoms with Crippen molar-refractivity contribution in [1.29, 1.82) is 5.26 Å². The Morgan fingerprint density at radius 3 is 2.21 bits per heavy atom. The lowest BCUT2D eigenvalue weighted by Crippen LogP contribution is -2.05. The summed E-state index contributed by atoms with van der Waals surface area (Å²) in [5, 5.41) is 11.0. The van der Waals surface area contributed by atoms with Crippen molar-refractivity contribution in [2.75, 3.05) is 14.2 Å². The van der Waals surface area contributed by atoms with Gasteiger partial charge in [-0.05, 0) is 55.4 Å². The number of benzene rings is 2. The second-order valence-electron chi connectivity index (χ2n) is 6.64. The maximum Gasteiger partial charge on any atom is 0.257 e. The van der Waals surface area contributed by atoms with E-state index in [1.54, 1.807) is 38.3 Å². The van der Waals surface area contributed by atoms with Crippen molar-refractivity contribution in [3.63, 3.8) is 0 Å². The first kappa shape index (κ1) is 24.1. The minimum Gasteiger partial charge on any atom is -0.388 e. The zero-order valence-electron chi connectivity index (χ0n) is 18.1. The van der Waals surface area contributed by atoms with Gasteiger partial charge < -0.3 is 9.26 Å². The third kappa shape index (κ3) is 8.71. The first-order valence-corrected chi connectivity index (χ1v) is 9.71. The average Bonchev–Trinajstić information content (AvgIpc) is 3.17. The smallest absolute Gasteiger partial charge is 0.257 e. The van der Waals surface area contributed by atoms with Gasteiger partial charge in [0.1, 0.15) is 0 Å². The molecule has 5 nitrogen and oxygen atoms in total. The van der Waals surface area contributed by atoms with Crippen molar-refractivity contribution in [2.24, 2.45) is 0 Å². The zero-order chi connectivity index (χ0) is 21.5. The van der Waals surface area contributed by atoms with E-state index in [-0.39, 0.29) is 0 Å². The van der Waals surface area contributed by atoms with Crippen LogP contribution in [-0.4, -0.2) is 24.4 Å². The Bertz CT molecular complexity index is 854. The highest BCUT2D eigenvalue weighted by atomic mass is 16.5. The number of fused-ring (bicyclic) bond motifs is 1. The van der Waals surface area contributed by atoms with Crippen molar-refractivity contribution >= 4 is 0 Å². The van der Waals surface area contributed by atoms with Crippen LogP contribution in [0.3, 0.4) is 0 Å². The molecule has 5 heteroatoms. The predicted molar refractivity (Wildman–Crippen MR) is 116 cm³/mol. The summed E-state index contributed by atoms with van der Waals surface area (Å²) < 4.78 is 9.24. The van der Waals surface area contributed by atoms with Crippen LogP contribution in [0, 0.1) is 18.3 Å². The van der Waals surface area contributed by atoms with Crippen molar-refractivity contribution in [3.05, 3.63) is 71.5 Å². The zero-order valence-corrected chi connectivity index (χ0v) is 18.1. The molecule has 0 amide bonds. The fourth-order valence-corrected chi connectivity index (χ4v) is 2.99. The lowest BCUT2D eigenvalue weighted by molar-refractivity contribution is 0.277. The SMILES string of the molecule is CC#N.COC.C[C@@H]1CCCc2ccccc21.Cc1noc(-c2ccccc2)n1. The highest BCUT2D eigenvalue weighted by molar-refractivity contribution is 5.51. The summed E-state index contributed by atoms with van der Waals surface area (Å²) in [6.45, 7) is 5.56. The summed E-state index contributed by atoms with van der Waals surface area (Å²) in [5.74, 6) is 2.03. The van der Waals surface area contributed by atoms with Crippen molar-refractivity contribution < 1.29 is 9.26 Å². The van der Waals surface area contributed by atoms with E-state index in [0.717, 1.165) is 11.5 Å². The fraction of sp³-hybridized carbons (Fsp3) is 0.375. The van der Waals surface area contributed by atoms with Gasteiger partial charge in [0.25, 0.3) is 5.89 Å². The molecule has 154 valence electrons. The standard InChI is InChI=1S/C11H14.C9H8N2O.C2H3N.C2H6O/c1-9-5-4-7-10-6-2-3-8-11(9)10;1-7-10-9(12-11-7)8-5-3-2-4-6-8;1-2-3;1-3-2/h2-3,6,8-9H,4-5,7H2,1H3;2-6H,1H3;1H3;1-2H3/t9-;;;/m1.../s1. The number of aromatic nitrogens is 2. The molecule has 1 aliphatic carbocycles. The van der Waals surface area contributed by atoms with E-state index in [0.29, 0.717) is 11.7 Å². The van der Waals surface area contributed by atoms with Crippen LogP contribution in [-0.2, 0) is 11.2 Å². The number of methoxy groups -OCH3 is 1. The Balaban J connectivity index is 0.000000230. The highest BCUT2D eigenvalue weighted by Crippen LogP contribution is 2.30. The molecular formula is C24H31N3O2. The van der Waals surface area contributed by atoms with E-state index in [1.807, 2.05) is 30.3 Å². The molecule has 0 bridgehead atoms. The normalized spacial score (nSPS) is 13.7. The topological polar surface area (TPSA) is 71.9 Å². The van der Waals surface area contributed by atoms with Crippen molar-refractivity contribution in [1.82, 2.24) is 10.1 Å². The number of hydrogen-bond donors (Lipinski definition) is 0. The molecule has 0 saturated heterocycles. The van der Waals surface area contributed by atoms with E-state index in [2.05, 4.69) is 46.1 Å². The molecule has 0 fully saturated rings. The van der Waals surface area contributed by atoms with E-state index >= 15 is 0 Å². The van der Waals surface area contributed by atoms with Gasteiger partial charge in [-0.15, -0.1) is 0 Å². The van der Waals surface area contributed by atoms with Crippen molar-refractivity contribution in [2.45, 2.75) is 46.0 Å². The van der Waals surface area contributed by atoms with E-state index in [9.17, 15) is 0 Å². The number of hydrogen-bond acceptors (Lipinski definition) is 5. The molecule has 0 N–H and O–H groups in total. The molecule has 1 atom stereocenters.